The molecule has 0 aromatic heterocycles. The zero-order chi connectivity index (χ0) is 19.2. The minimum atomic E-state index is -3.54. The topological polar surface area (TPSA) is 81.7 Å². The molecule has 2 aromatic carbocycles. The van der Waals surface area contributed by atoms with Crippen molar-refractivity contribution in [2.75, 3.05) is 13.7 Å². The van der Waals surface area contributed by atoms with Crippen LogP contribution >= 0.6 is 0 Å². The highest BCUT2D eigenvalue weighted by Gasteiger charge is 2.17. The summed E-state index contributed by atoms with van der Waals surface area (Å²) in [6.45, 7) is 4.27. The van der Waals surface area contributed by atoms with Gasteiger partial charge < -0.3 is 9.47 Å². The van der Waals surface area contributed by atoms with Gasteiger partial charge in [0.1, 0.15) is 5.75 Å². The summed E-state index contributed by atoms with van der Waals surface area (Å²) >= 11 is 0. The average Bonchev–Trinajstić information content (AvgIpc) is 2.61. The Labute approximate surface area is 154 Å². The normalized spacial score (nSPS) is 12.4. The van der Waals surface area contributed by atoms with E-state index in [0.29, 0.717) is 17.7 Å². The standard InChI is InChI=1S/C19H23NO5S/c1-4-25-18-11-9-16(10-12-18)14(2)20-26(22,23)13-15-5-7-17(8-6-15)19(21)24-3/h5-12,14,20H,4,13H2,1-3H3/t14-/m0/s1. The highest BCUT2D eigenvalue weighted by molar-refractivity contribution is 7.88. The fourth-order valence-corrected chi connectivity index (χ4v) is 3.86. The smallest absolute Gasteiger partial charge is 0.337 e. The van der Waals surface area contributed by atoms with E-state index in [9.17, 15) is 13.2 Å². The Balaban J connectivity index is 2.02. The summed E-state index contributed by atoms with van der Waals surface area (Å²) in [4.78, 5) is 11.4. The quantitative estimate of drug-likeness (QED) is 0.715. The molecule has 1 atom stereocenters. The molecular weight excluding hydrogens is 354 g/mol. The molecule has 7 heteroatoms. The van der Waals surface area contributed by atoms with Gasteiger partial charge in [0.05, 0.1) is 25.0 Å². The molecule has 0 unspecified atom stereocenters. The molecule has 0 fully saturated rings. The molecule has 0 saturated carbocycles. The van der Waals surface area contributed by atoms with Crippen molar-refractivity contribution in [1.29, 1.82) is 0 Å². The molecule has 140 valence electrons. The Kier molecular flexibility index (Phi) is 6.76. The molecule has 0 heterocycles. The third kappa shape index (κ3) is 5.57. The molecular formula is C19H23NO5S. The maximum absolute atomic E-state index is 12.4. The van der Waals surface area contributed by atoms with Crippen LogP contribution in [-0.2, 0) is 20.5 Å². The zero-order valence-electron chi connectivity index (χ0n) is 15.1. The summed E-state index contributed by atoms with van der Waals surface area (Å²) in [5.41, 5.74) is 1.81. The number of carbonyl (C=O) groups is 1. The molecule has 0 saturated heterocycles. The second-order valence-electron chi connectivity index (χ2n) is 5.79. The first-order chi connectivity index (χ1) is 12.3. The van der Waals surface area contributed by atoms with Crippen LogP contribution in [0.5, 0.6) is 5.75 Å². The Morgan fingerprint density at radius 1 is 1.08 bits per heavy atom. The zero-order valence-corrected chi connectivity index (χ0v) is 15.9. The van der Waals surface area contributed by atoms with Crippen molar-refractivity contribution in [1.82, 2.24) is 4.72 Å². The van der Waals surface area contributed by atoms with Gasteiger partial charge in [0.25, 0.3) is 0 Å². The average molecular weight is 377 g/mol. The SMILES string of the molecule is CCOc1ccc([C@H](C)NS(=O)(=O)Cc2ccc(C(=O)OC)cc2)cc1. The molecule has 0 amide bonds. The maximum atomic E-state index is 12.4. The minimum Gasteiger partial charge on any atom is -0.494 e. The van der Waals surface area contributed by atoms with E-state index in [4.69, 9.17) is 4.74 Å². The first-order valence-corrected chi connectivity index (χ1v) is 9.90. The molecule has 0 spiro atoms. The molecule has 2 rings (SSSR count). The van der Waals surface area contributed by atoms with Crippen LogP contribution in [0.25, 0.3) is 0 Å². The fourth-order valence-electron chi connectivity index (χ4n) is 2.47. The lowest BCUT2D eigenvalue weighted by Gasteiger charge is -2.15. The van der Waals surface area contributed by atoms with Crippen molar-refractivity contribution in [3.8, 4) is 5.75 Å². The van der Waals surface area contributed by atoms with E-state index in [0.717, 1.165) is 11.3 Å². The van der Waals surface area contributed by atoms with Gasteiger partial charge in [0, 0.05) is 6.04 Å². The third-order valence-electron chi connectivity index (χ3n) is 3.78. The Morgan fingerprint density at radius 3 is 2.23 bits per heavy atom. The summed E-state index contributed by atoms with van der Waals surface area (Å²) in [7, 11) is -2.24. The lowest BCUT2D eigenvalue weighted by atomic mass is 10.1. The van der Waals surface area contributed by atoms with Gasteiger partial charge in [-0.15, -0.1) is 0 Å². The van der Waals surface area contributed by atoms with E-state index < -0.39 is 16.0 Å². The first kappa shape index (κ1) is 19.9. The van der Waals surface area contributed by atoms with Crippen molar-refractivity contribution in [2.24, 2.45) is 0 Å². The number of esters is 1. The summed E-state index contributed by atoms with van der Waals surface area (Å²) in [6.07, 6.45) is 0. The number of hydrogen-bond donors (Lipinski definition) is 1. The van der Waals surface area contributed by atoms with Crippen molar-refractivity contribution < 1.29 is 22.7 Å². The highest BCUT2D eigenvalue weighted by Crippen LogP contribution is 2.19. The molecule has 6 nitrogen and oxygen atoms in total. The fraction of sp³-hybridized carbons (Fsp3) is 0.316. The first-order valence-electron chi connectivity index (χ1n) is 8.24. The second-order valence-corrected chi connectivity index (χ2v) is 7.54. The molecule has 0 aliphatic rings. The van der Waals surface area contributed by atoms with E-state index in [1.165, 1.54) is 7.11 Å². The summed E-state index contributed by atoms with van der Waals surface area (Å²) in [6, 6.07) is 13.2. The van der Waals surface area contributed by atoms with Gasteiger partial charge in [-0.1, -0.05) is 24.3 Å². The molecule has 0 aliphatic heterocycles. The molecule has 1 N–H and O–H groups in total. The Hall–Kier alpha value is -2.38. The van der Waals surface area contributed by atoms with Crippen LogP contribution in [0.15, 0.2) is 48.5 Å². The lowest BCUT2D eigenvalue weighted by molar-refractivity contribution is 0.0600. The number of nitrogens with one attached hydrogen (secondary N) is 1. The number of methoxy groups -OCH3 is 1. The number of hydrogen-bond acceptors (Lipinski definition) is 5. The molecule has 26 heavy (non-hydrogen) atoms. The number of benzene rings is 2. The van der Waals surface area contributed by atoms with Gasteiger partial charge in [-0.05, 0) is 49.2 Å². The monoisotopic (exact) mass is 377 g/mol. The third-order valence-corrected chi connectivity index (χ3v) is 5.21. The van der Waals surface area contributed by atoms with Gasteiger partial charge in [0.15, 0.2) is 0 Å². The van der Waals surface area contributed by atoms with E-state index in [2.05, 4.69) is 9.46 Å². The van der Waals surface area contributed by atoms with E-state index in [1.807, 2.05) is 31.2 Å². The molecule has 0 aliphatic carbocycles. The summed E-state index contributed by atoms with van der Waals surface area (Å²) in [5.74, 6) is 0.120. The van der Waals surface area contributed by atoms with Crippen LogP contribution in [0, 0.1) is 0 Å². The second kappa shape index (κ2) is 8.82. The van der Waals surface area contributed by atoms with Gasteiger partial charge in [0.2, 0.25) is 10.0 Å². The van der Waals surface area contributed by atoms with Crippen LogP contribution in [0.3, 0.4) is 0 Å². The van der Waals surface area contributed by atoms with E-state index in [1.54, 1.807) is 31.2 Å². The summed E-state index contributed by atoms with van der Waals surface area (Å²) in [5, 5.41) is 0. The molecule has 0 radical (unpaired) electrons. The number of carbonyl (C=O) groups excluding carboxylic acids is 1. The largest absolute Gasteiger partial charge is 0.494 e. The number of rotatable bonds is 8. The Morgan fingerprint density at radius 2 is 1.69 bits per heavy atom. The van der Waals surface area contributed by atoms with Crippen LogP contribution in [0.2, 0.25) is 0 Å². The number of sulfonamides is 1. The Bertz CT molecular complexity index is 829. The number of ether oxygens (including phenoxy) is 2. The van der Waals surface area contributed by atoms with E-state index >= 15 is 0 Å². The lowest BCUT2D eigenvalue weighted by Crippen LogP contribution is -2.28. The summed E-state index contributed by atoms with van der Waals surface area (Å²) < 4.78 is 37.5. The van der Waals surface area contributed by atoms with Gasteiger partial charge in [-0.25, -0.2) is 17.9 Å². The van der Waals surface area contributed by atoms with Crippen molar-refractivity contribution in [3.05, 3.63) is 65.2 Å². The molecule has 2 aromatic rings. The van der Waals surface area contributed by atoms with Crippen molar-refractivity contribution in [2.45, 2.75) is 25.6 Å². The highest BCUT2D eigenvalue weighted by atomic mass is 32.2. The van der Waals surface area contributed by atoms with Crippen molar-refractivity contribution >= 4 is 16.0 Å². The van der Waals surface area contributed by atoms with Gasteiger partial charge in [-0.3, -0.25) is 0 Å². The van der Waals surface area contributed by atoms with Crippen LogP contribution in [0.1, 0.15) is 41.4 Å². The van der Waals surface area contributed by atoms with Gasteiger partial charge in [-0.2, -0.15) is 0 Å². The van der Waals surface area contributed by atoms with Crippen LogP contribution < -0.4 is 9.46 Å². The predicted octanol–water partition coefficient (Wildman–Crippen LogP) is 3.05. The van der Waals surface area contributed by atoms with Crippen LogP contribution in [0.4, 0.5) is 0 Å². The van der Waals surface area contributed by atoms with E-state index in [-0.39, 0.29) is 11.8 Å². The minimum absolute atomic E-state index is 0.171. The maximum Gasteiger partial charge on any atom is 0.337 e. The van der Waals surface area contributed by atoms with Gasteiger partial charge >= 0.3 is 5.97 Å². The van der Waals surface area contributed by atoms with Crippen LogP contribution in [-0.4, -0.2) is 28.1 Å². The predicted molar refractivity (Wildman–Crippen MR) is 99.6 cm³/mol. The van der Waals surface area contributed by atoms with Crippen molar-refractivity contribution in [3.63, 3.8) is 0 Å². The molecule has 0 bridgehead atoms.